The summed E-state index contributed by atoms with van der Waals surface area (Å²) in [5.41, 5.74) is 10.0. The summed E-state index contributed by atoms with van der Waals surface area (Å²) in [6, 6.07) is 10.3. The number of nitrogens with zero attached hydrogens (tertiary/aromatic N) is 1. The van der Waals surface area contributed by atoms with Gasteiger partial charge >= 0.3 is 0 Å². The molecule has 0 fully saturated rings. The van der Waals surface area contributed by atoms with Gasteiger partial charge in [0.25, 0.3) is 0 Å². The van der Waals surface area contributed by atoms with E-state index in [2.05, 4.69) is 48.4 Å². The van der Waals surface area contributed by atoms with Gasteiger partial charge in [-0.2, -0.15) is 0 Å². The van der Waals surface area contributed by atoms with Gasteiger partial charge in [-0.15, -0.1) is 0 Å². The largest absolute Gasteiger partial charge is 0.396 e. The molecule has 0 unspecified atom stereocenters. The molecular formula is C15H19N3. The molecule has 3 N–H and O–H groups in total. The average molecular weight is 241 g/mol. The molecule has 0 radical (unpaired) electrons. The molecule has 0 saturated heterocycles. The summed E-state index contributed by atoms with van der Waals surface area (Å²) in [5.74, 6) is 1.26. The minimum Gasteiger partial charge on any atom is -0.396 e. The van der Waals surface area contributed by atoms with Crippen LogP contribution in [0.25, 0.3) is 0 Å². The van der Waals surface area contributed by atoms with Gasteiger partial charge in [0.05, 0.1) is 5.69 Å². The number of rotatable bonds is 3. The maximum absolute atomic E-state index is 5.98. The zero-order valence-corrected chi connectivity index (χ0v) is 11.1. The highest BCUT2D eigenvalue weighted by atomic mass is 15.0. The van der Waals surface area contributed by atoms with E-state index in [4.69, 9.17) is 5.73 Å². The molecular weight excluding hydrogens is 222 g/mol. The monoisotopic (exact) mass is 241 g/mol. The Balaban J connectivity index is 2.21. The van der Waals surface area contributed by atoms with Gasteiger partial charge in [-0.3, -0.25) is 0 Å². The Labute approximate surface area is 108 Å². The van der Waals surface area contributed by atoms with Gasteiger partial charge in [-0.05, 0) is 42.2 Å². The first-order valence-corrected chi connectivity index (χ1v) is 6.16. The third-order valence-electron chi connectivity index (χ3n) is 3.05. The van der Waals surface area contributed by atoms with E-state index in [-0.39, 0.29) is 0 Å². The van der Waals surface area contributed by atoms with Gasteiger partial charge in [0.1, 0.15) is 0 Å². The minimum absolute atomic E-state index is 0.543. The van der Waals surface area contributed by atoms with Crippen molar-refractivity contribution in [1.82, 2.24) is 4.98 Å². The molecule has 0 spiro atoms. The number of nitrogens with one attached hydrogen (secondary N) is 1. The molecule has 94 valence electrons. The van der Waals surface area contributed by atoms with Crippen molar-refractivity contribution in [2.75, 3.05) is 11.1 Å². The minimum atomic E-state index is 0.543. The highest BCUT2D eigenvalue weighted by Gasteiger charge is 2.04. The van der Waals surface area contributed by atoms with Gasteiger partial charge in [-0.25, -0.2) is 4.98 Å². The van der Waals surface area contributed by atoms with Gasteiger partial charge in [0, 0.05) is 11.9 Å². The first-order chi connectivity index (χ1) is 8.58. The summed E-state index contributed by atoms with van der Waals surface area (Å²) in [7, 11) is 0. The number of hydrogen-bond acceptors (Lipinski definition) is 3. The highest BCUT2D eigenvalue weighted by Crippen LogP contribution is 2.24. The summed E-state index contributed by atoms with van der Waals surface area (Å²) in [6.45, 7) is 6.34. The van der Waals surface area contributed by atoms with Crippen LogP contribution in [0.1, 0.15) is 30.9 Å². The van der Waals surface area contributed by atoms with Crippen molar-refractivity contribution in [2.45, 2.75) is 26.7 Å². The fourth-order valence-corrected chi connectivity index (χ4v) is 1.76. The quantitative estimate of drug-likeness (QED) is 0.858. The first-order valence-electron chi connectivity index (χ1n) is 6.16. The molecule has 0 aliphatic rings. The lowest BCUT2D eigenvalue weighted by Crippen LogP contribution is -2.01. The molecule has 2 aromatic rings. The fraction of sp³-hybridized carbons (Fsp3) is 0.267. The smallest absolute Gasteiger partial charge is 0.153 e. The molecule has 0 aliphatic heterocycles. The van der Waals surface area contributed by atoms with Gasteiger partial charge in [-0.1, -0.05) is 26.0 Å². The van der Waals surface area contributed by atoms with Crippen LogP contribution in [0.3, 0.4) is 0 Å². The van der Waals surface area contributed by atoms with Crippen LogP contribution in [0.15, 0.2) is 36.5 Å². The van der Waals surface area contributed by atoms with Crippen molar-refractivity contribution in [3.05, 3.63) is 47.7 Å². The Hall–Kier alpha value is -2.03. The number of aromatic nitrogens is 1. The molecule has 3 nitrogen and oxygen atoms in total. The van der Waals surface area contributed by atoms with E-state index in [1.165, 1.54) is 5.56 Å². The van der Waals surface area contributed by atoms with Crippen molar-refractivity contribution in [3.8, 4) is 0 Å². The lowest BCUT2D eigenvalue weighted by atomic mass is 10.0. The predicted octanol–water partition coefficient (Wildman–Crippen LogP) is 3.84. The molecule has 18 heavy (non-hydrogen) atoms. The third-order valence-corrected chi connectivity index (χ3v) is 3.05. The summed E-state index contributed by atoms with van der Waals surface area (Å²) < 4.78 is 0. The number of benzene rings is 1. The number of nitrogens with two attached hydrogens (primary N) is 1. The van der Waals surface area contributed by atoms with E-state index < -0.39 is 0 Å². The molecule has 0 aliphatic carbocycles. The van der Waals surface area contributed by atoms with Crippen LogP contribution in [0.5, 0.6) is 0 Å². The van der Waals surface area contributed by atoms with E-state index in [1.807, 2.05) is 13.0 Å². The van der Waals surface area contributed by atoms with E-state index in [9.17, 15) is 0 Å². The fourth-order valence-electron chi connectivity index (χ4n) is 1.76. The van der Waals surface area contributed by atoms with E-state index >= 15 is 0 Å². The number of pyridine rings is 1. The highest BCUT2D eigenvalue weighted by molar-refractivity contribution is 5.71. The van der Waals surface area contributed by atoms with Crippen LogP contribution in [-0.4, -0.2) is 4.98 Å². The lowest BCUT2D eigenvalue weighted by molar-refractivity contribution is 0.867. The molecule has 1 heterocycles. The maximum Gasteiger partial charge on any atom is 0.153 e. The number of nitrogen functional groups attached to an aromatic ring is 1. The summed E-state index contributed by atoms with van der Waals surface area (Å²) in [5, 5.41) is 3.24. The van der Waals surface area contributed by atoms with E-state index in [1.54, 1.807) is 6.20 Å². The van der Waals surface area contributed by atoms with Gasteiger partial charge < -0.3 is 11.1 Å². The SMILES string of the molecule is Cc1ccnc(Nc2ccc(C(C)C)cc2)c1N. The van der Waals surface area contributed by atoms with E-state index in [0.29, 0.717) is 17.4 Å². The number of aryl methyl sites for hydroxylation is 1. The maximum atomic E-state index is 5.98. The molecule has 3 heteroatoms. The zero-order chi connectivity index (χ0) is 13.1. The molecule has 0 saturated carbocycles. The Morgan fingerprint density at radius 2 is 1.78 bits per heavy atom. The molecule has 0 amide bonds. The second-order valence-corrected chi connectivity index (χ2v) is 4.79. The molecule has 1 aromatic heterocycles. The number of hydrogen-bond donors (Lipinski definition) is 2. The zero-order valence-electron chi connectivity index (χ0n) is 11.1. The van der Waals surface area contributed by atoms with Crippen molar-refractivity contribution in [2.24, 2.45) is 0 Å². The van der Waals surface area contributed by atoms with Crippen molar-refractivity contribution >= 4 is 17.2 Å². The van der Waals surface area contributed by atoms with Crippen LogP contribution in [0.4, 0.5) is 17.2 Å². The Kier molecular flexibility index (Phi) is 3.51. The van der Waals surface area contributed by atoms with Crippen molar-refractivity contribution in [3.63, 3.8) is 0 Å². The topological polar surface area (TPSA) is 50.9 Å². The van der Waals surface area contributed by atoms with Crippen LogP contribution in [0.2, 0.25) is 0 Å². The van der Waals surface area contributed by atoms with E-state index in [0.717, 1.165) is 11.3 Å². The standard InChI is InChI=1S/C15H19N3/c1-10(2)12-4-6-13(7-5-12)18-15-14(16)11(3)8-9-17-15/h4-10H,16H2,1-3H3,(H,17,18). The predicted molar refractivity (Wildman–Crippen MR) is 77.2 cm³/mol. The van der Waals surface area contributed by atoms with Crippen LogP contribution < -0.4 is 11.1 Å². The van der Waals surface area contributed by atoms with Crippen molar-refractivity contribution < 1.29 is 0 Å². The second kappa shape index (κ2) is 5.08. The number of anilines is 3. The Bertz CT molecular complexity index is 530. The van der Waals surface area contributed by atoms with Crippen molar-refractivity contribution in [1.29, 1.82) is 0 Å². The lowest BCUT2D eigenvalue weighted by Gasteiger charge is -2.11. The third kappa shape index (κ3) is 2.62. The van der Waals surface area contributed by atoms with Gasteiger partial charge in [0.2, 0.25) is 0 Å². The normalized spacial score (nSPS) is 10.7. The van der Waals surface area contributed by atoms with Crippen LogP contribution in [-0.2, 0) is 0 Å². The summed E-state index contributed by atoms with van der Waals surface area (Å²) >= 11 is 0. The molecule has 0 bridgehead atoms. The Morgan fingerprint density at radius 1 is 1.11 bits per heavy atom. The van der Waals surface area contributed by atoms with Gasteiger partial charge in [0.15, 0.2) is 5.82 Å². The molecule has 2 rings (SSSR count). The summed E-state index contributed by atoms with van der Waals surface area (Å²) in [4.78, 5) is 4.26. The Morgan fingerprint density at radius 3 is 2.39 bits per heavy atom. The van der Waals surface area contributed by atoms with Crippen LogP contribution >= 0.6 is 0 Å². The average Bonchev–Trinajstić information content (AvgIpc) is 2.36. The first kappa shape index (κ1) is 12.4. The van der Waals surface area contributed by atoms with Crippen LogP contribution in [0, 0.1) is 6.92 Å². The second-order valence-electron chi connectivity index (χ2n) is 4.79. The summed E-state index contributed by atoms with van der Waals surface area (Å²) in [6.07, 6.45) is 1.76. The molecule has 1 aromatic carbocycles. The molecule has 0 atom stereocenters.